The van der Waals surface area contributed by atoms with Gasteiger partial charge in [-0.1, -0.05) is 51.1 Å². The van der Waals surface area contributed by atoms with E-state index < -0.39 is 53.7 Å². The van der Waals surface area contributed by atoms with E-state index in [9.17, 15) is 24.0 Å². The third-order valence-electron chi connectivity index (χ3n) is 6.67. The van der Waals surface area contributed by atoms with E-state index in [4.69, 9.17) is 0 Å². The van der Waals surface area contributed by atoms with Gasteiger partial charge in [0, 0.05) is 25.2 Å². The lowest BCUT2D eigenvalue weighted by atomic mass is 10.0. The van der Waals surface area contributed by atoms with Crippen LogP contribution < -0.4 is 21.3 Å². The molecule has 12 heteroatoms. The van der Waals surface area contributed by atoms with Crippen molar-refractivity contribution < 1.29 is 24.0 Å². The predicted molar refractivity (Wildman–Crippen MR) is 148 cm³/mol. The maximum absolute atomic E-state index is 13.6. The van der Waals surface area contributed by atoms with Gasteiger partial charge < -0.3 is 26.2 Å². The Kier molecular flexibility index (Phi) is 10.8. The zero-order valence-corrected chi connectivity index (χ0v) is 23.4. The summed E-state index contributed by atoms with van der Waals surface area (Å²) in [5.41, 5.74) is 1.10. The molecule has 40 heavy (non-hydrogen) atoms. The van der Waals surface area contributed by atoms with E-state index in [0.717, 1.165) is 5.56 Å². The Labute approximate surface area is 234 Å². The van der Waals surface area contributed by atoms with Gasteiger partial charge in [0.2, 0.25) is 23.6 Å². The molecule has 0 bridgehead atoms. The summed E-state index contributed by atoms with van der Waals surface area (Å²) in [7, 11) is 0. The maximum Gasteiger partial charge on any atom is 0.257 e. The van der Waals surface area contributed by atoms with Crippen molar-refractivity contribution in [3.05, 3.63) is 53.9 Å². The quantitative estimate of drug-likeness (QED) is 0.350. The largest absolute Gasteiger partial charge is 0.350 e. The minimum Gasteiger partial charge on any atom is -0.350 e. The molecule has 2 heterocycles. The number of nitrogens with zero attached hydrogens (tertiary/aromatic N) is 2. The molecular weight excluding hydrogens is 514 g/mol. The summed E-state index contributed by atoms with van der Waals surface area (Å²) in [6.45, 7) is 6.90. The normalized spacial score (nSPS) is 23.4. The van der Waals surface area contributed by atoms with Crippen molar-refractivity contribution in [2.45, 2.75) is 71.1 Å². The fraction of sp³-hybridized carbons (Fsp3) is 0.500. The summed E-state index contributed by atoms with van der Waals surface area (Å²) < 4.78 is 0. The number of aromatic nitrogens is 2. The van der Waals surface area contributed by atoms with Crippen LogP contribution in [0.15, 0.2) is 42.7 Å². The van der Waals surface area contributed by atoms with E-state index in [2.05, 4.69) is 31.5 Å². The molecule has 12 nitrogen and oxygen atoms in total. The van der Waals surface area contributed by atoms with E-state index in [1.165, 1.54) is 24.2 Å². The molecule has 1 aromatic heterocycles. The number of amides is 5. The molecule has 4 atom stereocenters. The van der Waals surface area contributed by atoms with Crippen LogP contribution in [0.4, 0.5) is 0 Å². The molecular formula is C28H39N7O5. The van der Waals surface area contributed by atoms with E-state index >= 15 is 0 Å². The van der Waals surface area contributed by atoms with Crippen molar-refractivity contribution in [3.8, 4) is 0 Å². The van der Waals surface area contributed by atoms with Crippen LogP contribution in [0.25, 0.3) is 0 Å². The Morgan fingerprint density at radius 2 is 1.65 bits per heavy atom. The second kappa shape index (κ2) is 14.2. The van der Waals surface area contributed by atoms with Crippen LogP contribution in [-0.4, -0.2) is 81.9 Å². The van der Waals surface area contributed by atoms with Crippen LogP contribution in [0.3, 0.4) is 0 Å². The van der Waals surface area contributed by atoms with Gasteiger partial charge in [-0.2, -0.15) is 5.10 Å². The van der Waals surface area contributed by atoms with Crippen LogP contribution in [0.2, 0.25) is 0 Å². The molecule has 0 radical (unpaired) electrons. The van der Waals surface area contributed by atoms with Crippen LogP contribution in [-0.2, 0) is 25.6 Å². The number of carbonyl (C=O) groups excluding carboxylic acids is 5. The molecule has 0 aliphatic carbocycles. The highest BCUT2D eigenvalue weighted by Gasteiger charge is 2.32. The predicted octanol–water partition coefficient (Wildman–Crippen LogP) is 0.523. The highest BCUT2D eigenvalue weighted by atomic mass is 16.2. The van der Waals surface area contributed by atoms with Gasteiger partial charge >= 0.3 is 0 Å². The molecule has 3 rings (SSSR count). The molecule has 0 unspecified atom stereocenters. The summed E-state index contributed by atoms with van der Waals surface area (Å²) in [5, 5.41) is 17.5. The highest BCUT2D eigenvalue weighted by molar-refractivity contribution is 5.97. The zero-order valence-electron chi connectivity index (χ0n) is 23.4. The molecule has 1 aliphatic rings. The lowest BCUT2D eigenvalue weighted by Gasteiger charge is -2.29. The molecule has 0 spiro atoms. The van der Waals surface area contributed by atoms with Crippen molar-refractivity contribution in [3.63, 3.8) is 0 Å². The number of carbonyl (C=O) groups is 5. The molecule has 216 valence electrons. The first-order chi connectivity index (χ1) is 19.1. The Morgan fingerprint density at radius 3 is 2.27 bits per heavy atom. The van der Waals surface area contributed by atoms with Crippen LogP contribution in [0.1, 0.15) is 56.5 Å². The first-order valence-electron chi connectivity index (χ1n) is 13.6. The average Bonchev–Trinajstić information content (AvgIpc) is 3.45. The molecule has 1 fully saturated rings. The Morgan fingerprint density at radius 1 is 0.975 bits per heavy atom. The minimum absolute atomic E-state index is 0.0300. The van der Waals surface area contributed by atoms with Crippen molar-refractivity contribution in [2.75, 3.05) is 13.1 Å². The second-order valence-corrected chi connectivity index (χ2v) is 10.5. The van der Waals surface area contributed by atoms with Gasteiger partial charge in [-0.3, -0.25) is 29.1 Å². The van der Waals surface area contributed by atoms with Crippen LogP contribution in [0, 0.1) is 5.92 Å². The van der Waals surface area contributed by atoms with Crippen LogP contribution in [0.5, 0.6) is 0 Å². The number of benzene rings is 1. The van der Waals surface area contributed by atoms with Crippen molar-refractivity contribution in [2.24, 2.45) is 5.92 Å². The standard InChI is InChI=1S/C28H39N7O5/c1-5-21-15-35(28(40)20-13-29-30-14-20)16-24(36)31-18(4)25(37)33-22(11-17(2)3)27(39)34-23(26(38)32-21)12-19-9-7-6-8-10-19/h6-10,13-14,17-18,21-23H,5,11-12,15-16H2,1-4H3,(H,29,30)(H,31,36)(H,32,38)(H,33,37)(H,34,39)/t18-,21+,22+,23+/m1/s1. The first-order valence-corrected chi connectivity index (χ1v) is 13.6. The average molecular weight is 554 g/mol. The van der Waals surface area contributed by atoms with Crippen molar-refractivity contribution >= 4 is 29.5 Å². The maximum atomic E-state index is 13.6. The Balaban J connectivity index is 1.96. The Hall–Kier alpha value is -4.22. The van der Waals surface area contributed by atoms with E-state index in [1.807, 2.05) is 51.1 Å². The number of nitrogens with one attached hydrogen (secondary N) is 5. The fourth-order valence-electron chi connectivity index (χ4n) is 4.47. The van der Waals surface area contributed by atoms with Gasteiger partial charge in [-0.25, -0.2) is 0 Å². The lowest BCUT2D eigenvalue weighted by Crippen LogP contribution is -2.57. The van der Waals surface area contributed by atoms with E-state index in [0.29, 0.717) is 12.8 Å². The van der Waals surface area contributed by atoms with Gasteiger partial charge in [-0.15, -0.1) is 0 Å². The van der Waals surface area contributed by atoms with E-state index in [1.54, 1.807) is 0 Å². The van der Waals surface area contributed by atoms with Gasteiger partial charge in [0.1, 0.15) is 18.1 Å². The smallest absolute Gasteiger partial charge is 0.257 e. The fourth-order valence-corrected chi connectivity index (χ4v) is 4.47. The molecule has 2 aromatic rings. The number of hydrogen-bond acceptors (Lipinski definition) is 6. The summed E-state index contributed by atoms with van der Waals surface area (Å²) in [5.74, 6) is -2.41. The summed E-state index contributed by atoms with van der Waals surface area (Å²) in [4.78, 5) is 67.4. The third-order valence-corrected chi connectivity index (χ3v) is 6.67. The zero-order chi connectivity index (χ0) is 29.2. The van der Waals surface area contributed by atoms with Gasteiger partial charge in [0.25, 0.3) is 5.91 Å². The number of hydrogen-bond donors (Lipinski definition) is 5. The highest BCUT2D eigenvalue weighted by Crippen LogP contribution is 2.11. The number of aromatic amines is 1. The summed E-state index contributed by atoms with van der Waals surface area (Å²) in [6, 6.07) is 5.97. The first kappa shape index (κ1) is 30.3. The van der Waals surface area contributed by atoms with E-state index in [-0.39, 0.29) is 31.0 Å². The molecule has 1 aliphatic heterocycles. The third kappa shape index (κ3) is 8.65. The molecule has 1 saturated heterocycles. The lowest BCUT2D eigenvalue weighted by molar-refractivity contribution is -0.133. The SMILES string of the molecule is CC[C@H]1CN(C(=O)c2cn[nH]c2)CC(=O)N[C@H](C)C(=O)N[C@@H](CC(C)C)C(=O)N[C@@H](Cc2ccccc2)C(=O)N1. The summed E-state index contributed by atoms with van der Waals surface area (Å²) in [6.07, 6.45) is 3.80. The number of H-pyrrole nitrogens is 1. The van der Waals surface area contributed by atoms with Gasteiger partial charge in [-0.05, 0) is 31.2 Å². The topological polar surface area (TPSA) is 165 Å². The molecule has 1 aromatic carbocycles. The molecule has 0 saturated carbocycles. The minimum atomic E-state index is -0.965. The summed E-state index contributed by atoms with van der Waals surface area (Å²) >= 11 is 0. The van der Waals surface area contributed by atoms with Gasteiger partial charge in [0.05, 0.1) is 18.3 Å². The monoisotopic (exact) mass is 553 g/mol. The molecule has 5 amide bonds. The van der Waals surface area contributed by atoms with Crippen LogP contribution >= 0.6 is 0 Å². The van der Waals surface area contributed by atoms with Crippen molar-refractivity contribution in [1.29, 1.82) is 0 Å². The Bertz CT molecular complexity index is 1170. The van der Waals surface area contributed by atoms with Gasteiger partial charge in [0.15, 0.2) is 0 Å². The second-order valence-electron chi connectivity index (χ2n) is 10.5. The molecule has 5 N–H and O–H groups in total. The van der Waals surface area contributed by atoms with Crippen molar-refractivity contribution in [1.82, 2.24) is 36.4 Å². The number of rotatable bonds is 6.